The molecule has 1 aliphatic carbocycles. The fourth-order valence-corrected chi connectivity index (χ4v) is 8.68. The van der Waals surface area contributed by atoms with Gasteiger partial charge in [0.1, 0.15) is 11.2 Å². The average Bonchev–Trinajstić information content (AvgIpc) is 3.63. The highest BCUT2D eigenvalue weighted by Crippen LogP contribution is 2.49. The van der Waals surface area contributed by atoms with Crippen molar-refractivity contribution in [2.45, 2.75) is 38.9 Å². The molecule has 2 aromatic heterocycles. The number of hydrogen-bond acceptors (Lipinski definition) is 4. The Morgan fingerprint density at radius 1 is 0.480 bits per heavy atom. The first kappa shape index (κ1) is 30.4. The van der Waals surface area contributed by atoms with E-state index in [0.717, 1.165) is 44.2 Å². The lowest BCUT2D eigenvalue weighted by Gasteiger charge is -2.21. The van der Waals surface area contributed by atoms with Crippen molar-refractivity contribution in [2.24, 2.45) is 0 Å². The molecule has 0 radical (unpaired) electrons. The van der Waals surface area contributed by atoms with E-state index in [1.807, 2.05) is 24.3 Å². The number of nitrogens with zero attached hydrogens (tertiary/aromatic N) is 3. The summed E-state index contributed by atoms with van der Waals surface area (Å²) in [7, 11) is -1.46. The standard InChI is InChI=1S/C45H37N3OSi/c1-45(2)38-15-8-6-11-33(38)37-27-31(23-26-39(37)45)28-17-19-29(20-18-28)42-46-43(30-21-24-32(25-22-30)50(3,4)5)48-44(47-42)36-14-10-13-35-34-12-7-9-16-40(34)49-41(35)36/h6-27H,1-5H3. The topological polar surface area (TPSA) is 51.8 Å². The lowest BCUT2D eigenvalue weighted by Crippen LogP contribution is -2.37. The molecule has 0 saturated carbocycles. The first-order chi connectivity index (χ1) is 24.1. The maximum atomic E-state index is 6.42. The van der Waals surface area contributed by atoms with E-state index in [4.69, 9.17) is 19.4 Å². The van der Waals surface area contributed by atoms with Gasteiger partial charge >= 0.3 is 0 Å². The summed E-state index contributed by atoms with van der Waals surface area (Å²) in [6.45, 7) is 11.7. The number of rotatable bonds is 5. The predicted molar refractivity (Wildman–Crippen MR) is 209 cm³/mol. The molecule has 0 amide bonds. The van der Waals surface area contributed by atoms with Gasteiger partial charge in [-0.2, -0.15) is 0 Å². The van der Waals surface area contributed by atoms with E-state index in [1.165, 1.54) is 33.0 Å². The van der Waals surface area contributed by atoms with Gasteiger partial charge in [-0.25, -0.2) is 15.0 Å². The number of furan rings is 1. The van der Waals surface area contributed by atoms with Crippen LogP contribution in [0.2, 0.25) is 19.6 Å². The van der Waals surface area contributed by atoms with Gasteiger partial charge in [0.15, 0.2) is 17.5 Å². The van der Waals surface area contributed by atoms with Gasteiger partial charge in [0.2, 0.25) is 0 Å². The monoisotopic (exact) mass is 663 g/mol. The van der Waals surface area contributed by atoms with E-state index >= 15 is 0 Å². The third kappa shape index (κ3) is 4.92. The zero-order chi connectivity index (χ0) is 34.2. The molecule has 50 heavy (non-hydrogen) atoms. The number of aromatic nitrogens is 3. The second-order valence-corrected chi connectivity index (χ2v) is 20.0. The fourth-order valence-electron chi connectivity index (χ4n) is 7.51. The Morgan fingerprint density at radius 3 is 1.78 bits per heavy atom. The normalized spacial score (nSPS) is 13.5. The van der Waals surface area contributed by atoms with Crippen molar-refractivity contribution in [3.8, 4) is 56.4 Å². The Kier molecular flexibility index (Phi) is 6.81. The zero-order valence-electron chi connectivity index (χ0n) is 29.0. The van der Waals surface area contributed by atoms with Gasteiger partial charge in [0.05, 0.1) is 13.6 Å². The lowest BCUT2D eigenvalue weighted by atomic mass is 9.82. The highest BCUT2D eigenvalue weighted by Gasteiger charge is 2.35. The van der Waals surface area contributed by atoms with Crippen LogP contribution < -0.4 is 5.19 Å². The Bertz CT molecular complexity index is 2590. The van der Waals surface area contributed by atoms with Crippen LogP contribution >= 0.6 is 0 Å². The minimum absolute atomic E-state index is 0.00980. The van der Waals surface area contributed by atoms with E-state index in [9.17, 15) is 0 Å². The van der Waals surface area contributed by atoms with E-state index in [1.54, 1.807) is 0 Å². The summed E-state index contributed by atoms with van der Waals surface area (Å²) >= 11 is 0. The summed E-state index contributed by atoms with van der Waals surface area (Å²) in [5, 5.41) is 3.53. The van der Waals surface area contributed by atoms with Crippen LogP contribution in [0.3, 0.4) is 0 Å². The van der Waals surface area contributed by atoms with Gasteiger partial charge in [0, 0.05) is 27.3 Å². The number of fused-ring (bicyclic) bond motifs is 6. The Morgan fingerprint density at radius 2 is 1.04 bits per heavy atom. The summed E-state index contributed by atoms with van der Waals surface area (Å²) in [4.78, 5) is 15.2. The molecular formula is C45H37N3OSi. The highest BCUT2D eigenvalue weighted by molar-refractivity contribution is 6.88. The quantitative estimate of drug-likeness (QED) is 0.172. The first-order valence-corrected chi connectivity index (χ1v) is 20.8. The third-order valence-electron chi connectivity index (χ3n) is 10.3. The van der Waals surface area contributed by atoms with Crippen molar-refractivity contribution in [3.05, 3.63) is 145 Å². The molecule has 4 nitrogen and oxygen atoms in total. The summed E-state index contributed by atoms with van der Waals surface area (Å²) in [5.41, 5.74) is 12.1. The molecular weight excluding hydrogens is 627 g/mol. The molecule has 0 saturated heterocycles. The largest absolute Gasteiger partial charge is 0.455 e. The Balaban J connectivity index is 1.15. The molecule has 1 aliphatic rings. The van der Waals surface area contributed by atoms with Gasteiger partial charge in [-0.1, -0.05) is 154 Å². The van der Waals surface area contributed by atoms with E-state index in [2.05, 4.69) is 143 Å². The maximum absolute atomic E-state index is 6.42. The second-order valence-electron chi connectivity index (χ2n) is 14.9. The molecule has 0 aliphatic heterocycles. The van der Waals surface area contributed by atoms with Crippen LogP contribution in [0.1, 0.15) is 25.0 Å². The molecule has 2 heterocycles. The van der Waals surface area contributed by atoms with Crippen LogP contribution in [0.5, 0.6) is 0 Å². The van der Waals surface area contributed by atoms with Crippen molar-refractivity contribution in [1.82, 2.24) is 15.0 Å². The minimum Gasteiger partial charge on any atom is -0.455 e. The molecule has 0 fully saturated rings. The van der Waals surface area contributed by atoms with Crippen LogP contribution in [0.15, 0.2) is 138 Å². The molecule has 8 aromatic rings. The molecule has 9 rings (SSSR count). The highest BCUT2D eigenvalue weighted by atomic mass is 28.3. The Hall–Kier alpha value is -5.65. The lowest BCUT2D eigenvalue weighted by molar-refractivity contribution is 0.660. The molecule has 0 spiro atoms. The SMILES string of the molecule is CC1(C)c2ccccc2-c2cc(-c3ccc(-c4nc(-c5ccc([Si](C)(C)C)cc5)nc(-c5cccc6c5oc5ccccc56)n4)cc3)ccc21. The fraction of sp³-hybridized carbons (Fsp3) is 0.133. The Labute approximate surface area is 293 Å². The van der Waals surface area contributed by atoms with Crippen molar-refractivity contribution in [1.29, 1.82) is 0 Å². The molecule has 242 valence electrons. The van der Waals surface area contributed by atoms with Gasteiger partial charge in [-0.05, 0) is 51.6 Å². The van der Waals surface area contributed by atoms with Crippen molar-refractivity contribution >= 4 is 35.2 Å². The van der Waals surface area contributed by atoms with Crippen LogP contribution in [-0.2, 0) is 5.41 Å². The maximum Gasteiger partial charge on any atom is 0.167 e. The molecule has 6 aromatic carbocycles. The van der Waals surface area contributed by atoms with Crippen LogP contribution in [0, 0.1) is 0 Å². The predicted octanol–water partition coefficient (Wildman–Crippen LogP) is 11.3. The van der Waals surface area contributed by atoms with E-state index in [-0.39, 0.29) is 5.41 Å². The number of benzene rings is 6. The third-order valence-corrected chi connectivity index (χ3v) is 12.4. The van der Waals surface area contributed by atoms with Gasteiger partial charge in [-0.3, -0.25) is 0 Å². The minimum atomic E-state index is -1.46. The first-order valence-electron chi connectivity index (χ1n) is 17.3. The van der Waals surface area contributed by atoms with Crippen LogP contribution in [-0.4, -0.2) is 23.0 Å². The molecule has 0 bridgehead atoms. The van der Waals surface area contributed by atoms with Crippen molar-refractivity contribution in [2.75, 3.05) is 0 Å². The van der Waals surface area contributed by atoms with Crippen molar-refractivity contribution < 1.29 is 4.42 Å². The van der Waals surface area contributed by atoms with Crippen LogP contribution in [0.25, 0.3) is 78.4 Å². The number of para-hydroxylation sites is 2. The summed E-state index contributed by atoms with van der Waals surface area (Å²) in [6.07, 6.45) is 0. The van der Waals surface area contributed by atoms with E-state index < -0.39 is 8.07 Å². The van der Waals surface area contributed by atoms with Crippen molar-refractivity contribution in [3.63, 3.8) is 0 Å². The summed E-state index contributed by atoms with van der Waals surface area (Å²) < 4.78 is 6.42. The van der Waals surface area contributed by atoms with Gasteiger partial charge < -0.3 is 4.42 Å². The molecule has 0 unspecified atom stereocenters. The molecule has 0 atom stereocenters. The summed E-state index contributed by atoms with van der Waals surface area (Å²) in [5.74, 6) is 1.86. The second kappa shape index (κ2) is 11.2. The van der Waals surface area contributed by atoms with E-state index in [0.29, 0.717) is 17.5 Å². The molecule has 0 N–H and O–H groups in total. The number of hydrogen-bond donors (Lipinski definition) is 0. The average molecular weight is 664 g/mol. The smallest absolute Gasteiger partial charge is 0.167 e. The molecule has 5 heteroatoms. The van der Waals surface area contributed by atoms with Gasteiger partial charge in [-0.15, -0.1) is 0 Å². The van der Waals surface area contributed by atoms with Gasteiger partial charge in [0.25, 0.3) is 0 Å². The van der Waals surface area contributed by atoms with Crippen LogP contribution in [0.4, 0.5) is 0 Å². The zero-order valence-corrected chi connectivity index (χ0v) is 30.0. The summed E-state index contributed by atoms with van der Waals surface area (Å²) in [6, 6.07) is 47.4.